The molecule has 0 radical (unpaired) electrons. The molecule has 1 N–H and O–H groups in total. The number of hydrogen-bond donors (Lipinski definition) is 1. The Hall–Kier alpha value is -0.570. The van der Waals surface area contributed by atoms with Crippen molar-refractivity contribution in [2.24, 2.45) is 0 Å². The lowest BCUT2D eigenvalue weighted by atomic mass is 10.1. The standard InChI is InChI=1S/C13H18ClNO/c1-2-16-8-7-15-13-6-4-10-3-5-11(14)9-12(10)13/h3,5,9,13,15H,2,4,6-8H2,1H3. The van der Waals surface area contributed by atoms with Gasteiger partial charge in [0.2, 0.25) is 0 Å². The molecule has 0 aromatic heterocycles. The molecule has 0 saturated carbocycles. The van der Waals surface area contributed by atoms with Crippen molar-refractivity contribution in [3.05, 3.63) is 34.3 Å². The molecule has 3 heteroatoms. The summed E-state index contributed by atoms with van der Waals surface area (Å²) in [6.07, 6.45) is 2.32. The van der Waals surface area contributed by atoms with Crippen molar-refractivity contribution in [2.75, 3.05) is 19.8 Å². The third-order valence-corrected chi connectivity index (χ3v) is 3.26. The van der Waals surface area contributed by atoms with Gasteiger partial charge in [0.1, 0.15) is 0 Å². The molecule has 0 aliphatic heterocycles. The topological polar surface area (TPSA) is 21.3 Å². The van der Waals surface area contributed by atoms with Gasteiger partial charge in [-0.1, -0.05) is 17.7 Å². The summed E-state index contributed by atoms with van der Waals surface area (Å²) >= 11 is 6.02. The number of ether oxygens (including phenoxy) is 1. The highest BCUT2D eigenvalue weighted by atomic mass is 35.5. The van der Waals surface area contributed by atoms with Crippen LogP contribution in [0.5, 0.6) is 0 Å². The first-order valence-corrected chi connectivity index (χ1v) is 6.28. The minimum Gasteiger partial charge on any atom is -0.380 e. The molecular weight excluding hydrogens is 222 g/mol. The molecular formula is C13H18ClNO. The van der Waals surface area contributed by atoms with Crippen LogP contribution < -0.4 is 5.32 Å². The van der Waals surface area contributed by atoms with Gasteiger partial charge in [0.05, 0.1) is 6.61 Å². The number of fused-ring (bicyclic) bond motifs is 1. The van der Waals surface area contributed by atoms with Crippen LogP contribution in [0.15, 0.2) is 18.2 Å². The molecule has 1 aromatic carbocycles. The number of aryl methyl sites for hydroxylation is 1. The summed E-state index contributed by atoms with van der Waals surface area (Å²) in [7, 11) is 0. The highest BCUT2D eigenvalue weighted by molar-refractivity contribution is 6.30. The van der Waals surface area contributed by atoms with E-state index >= 15 is 0 Å². The lowest BCUT2D eigenvalue weighted by molar-refractivity contribution is 0.147. The molecule has 0 fully saturated rings. The van der Waals surface area contributed by atoms with E-state index in [1.54, 1.807) is 0 Å². The quantitative estimate of drug-likeness (QED) is 0.798. The zero-order chi connectivity index (χ0) is 11.4. The molecule has 16 heavy (non-hydrogen) atoms. The van der Waals surface area contributed by atoms with Crippen LogP contribution in [0.25, 0.3) is 0 Å². The summed E-state index contributed by atoms with van der Waals surface area (Å²) in [5, 5.41) is 4.35. The van der Waals surface area contributed by atoms with Gasteiger partial charge in [-0.2, -0.15) is 0 Å². The molecule has 0 amide bonds. The van der Waals surface area contributed by atoms with E-state index in [-0.39, 0.29) is 0 Å². The van der Waals surface area contributed by atoms with Crippen molar-refractivity contribution < 1.29 is 4.74 Å². The maximum absolute atomic E-state index is 6.02. The maximum Gasteiger partial charge on any atom is 0.0590 e. The molecule has 0 spiro atoms. The third kappa shape index (κ3) is 2.76. The van der Waals surface area contributed by atoms with E-state index in [0.717, 1.165) is 31.2 Å². The Morgan fingerprint density at radius 1 is 1.50 bits per heavy atom. The summed E-state index contributed by atoms with van der Waals surface area (Å²) in [4.78, 5) is 0. The van der Waals surface area contributed by atoms with Gasteiger partial charge in [0, 0.05) is 24.2 Å². The fraction of sp³-hybridized carbons (Fsp3) is 0.538. The van der Waals surface area contributed by atoms with Gasteiger partial charge in [-0.15, -0.1) is 0 Å². The minimum absolute atomic E-state index is 0.453. The van der Waals surface area contributed by atoms with Crippen molar-refractivity contribution >= 4 is 11.6 Å². The highest BCUT2D eigenvalue weighted by Gasteiger charge is 2.21. The van der Waals surface area contributed by atoms with Crippen molar-refractivity contribution in [2.45, 2.75) is 25.8 Å². The summed E-state index contributed by atoms with van der Waals surface area (Å²) in [6, 6.07) is 6.65. The van der Waals surface area contributed by atoms with Gasteiger partial charge < -0.3 is 10.1 Å². The van der Waals surface area contributed by atoms with E-state index in [1.807, 2.05) is 13.0 Å². The molecule has 0 saturated heterocycles. The second-order valence-corrected chi connectivity index (χ2v) is 4.52. The monoisotopic (exact) mass is 239 g/mol. The van der Waals surface area contributed by atoms with E-state index in [0.29, 0.717) is 6.04 Å². The van der Waals surface area contributed by atoms with Crippen LogP contribution in [0.1, 0.15) is 30.5 Å². The van der Waals surface area contributed by atoms with E-state index in [1.165, 1.54) is 17.5 Å². The van der Waals surface area contributed by atoms with Crippen molar-refractivity contribution in [3.63, 3.8) is 0 Å². The Morgan fingerprint density at radius 3 is 3.19 bits per heavy atom. The summed E-state index contributed by atoms with van der Waals surface area (Å²) in [5.41, 5.74) is 2.79. The van der Waals surface area contributed by atoms with Gasteiger partial charge in [0.25, 0.3) is 0 Å². The first-order valence-electron chi connectivity index (χ1n) is 5.90. The van der Waals surface area contributed by atoms with Crippen LogP contribution in [0.3, 0.4) is 0 Å². The van der Waals surface area contributed by atoms with Crippen molar-refractivity contribution in [1.29, 1.82) is 0 Å². The molecule has 1 unspecified atom stereocenters. The lowest BCUT2D eigenvalue weighted by Crippen LogP contribution is -2.23. The lowest BCUT2D eigenvalue weighted by Gasteiger charge is -2.14. The van der Waals surface area contributed by atoms with E-state index in [9.17, 15) is 0 Å². The average Bonchev–Trinajstić information content (AvgIpc) is 2.67. The van der Waals surface area contributed by atoms with Crippen LogP contribution >= 0.6 is 11.6 Å². The molecule has 88 valence electrons. The summed E-state index contributed by atoms with van der Waals surface area (Å²) in [6.45, 7) is 4.49. The predicted octanol–water partition coefficient (Wildman–Crippen LogP) is 2.95. The van der Waals surface area contributed by atoms with Crippen molar-refractivity contribution in [3.8, 4) is 0 Å². The Balaban J connectivity index is 1.92. The summed E-state index contributed by atoms with van der Waals surface area (Å²) in [5.74, 6) is 0. The van der Waals surface area contributed by atoms with Gasteiger partial charge in [-0.25, -0.2) is 0 Å². The van der Waals surface area contributed by atoms with Gasteiger partial charge >= 0.3 is 0 Å². The predicted molar refractivity (Wildman–Crippen MR) is 67.0 cm³/mol. The van der Waals surface area contributed by atoms with Gasteiger partial charge in [0.15, 0.2) is 0 Å². The molecule has 1 atom stereocenters. The van der Waals surface area contributed by atoms with Crippen molar-refractivity contribution in [1.82, 2.24) is 5.32 Å². The van der Waals surface area contributed by atoms with Gasteiger partial charge in [-0.05, 0) is 43.0 Å². The molecule has 1 aromatic rings. The average molecular weight is 240 g/mol. The van der Waals surface area contributed by atoms with Crippen LogP contribution in [0, 0.1) is 0 Å². The first-order chi connectivity index (χ1) is 7.81. The van der Waals surface area contributed by atoms with Crippen LogP contribution in [0.4, 0.5) is 0 Å². The van der Waals surface area contributed by atoms with Gasteiger partial charge in [-0.3, -0.25) is 0 Å². The second-order valence-electron chi connectivity index (χ2n) is 4.09. The zero-order valence-corrected chi connectivity index (χ0v) is 10.4. The van der Waals surface area contributed by atoms with Crippen LogP contribution in [0.2, 0.25) is 5.02 Å². The Kier molecular flexibility index (Phi) is 4.22. The molecule has 1 aliphatic rings. The Bertz CT molecular complexity index is 354. The Labute approximate surface area is 102 Å². The molecule has 0 heterocycles. The normalized spacial score (nSPS) is 18.8. The fourth-order valence-corrected chi connectivity index (χ4v) is 2.42. The maximum atomic E-state index is 6.02. The van der Waals surface area contributed by atoms with Crippen LogP contribution in [-0.4, -0.2) is 19.8 Å². The van der Waals surface area contributed by atoms with E-state index < -0.39 is 0 Å². The van der Waals surface area contributed by atoms with Crippen LogP contribution in [-0.2, 0) is 11.2 Å². The minimum atomic E-state index is 0.453. The number of rotatable bonds is 5. The number of nitrogens with one attached hydrogen (secondary N) is 1. The summed E-state index contributed by atoms with van der Waals surface area (Å²) < 4.78 is 5.32. The SMILES string of the molecule is CCOCCNC1CCc2ccc(Cl)cc21. The largest absolute Gasteiger partial charge is 0.380 e. The highest BCUT2D eigenvalue weighted by Crippen LogP contribution is 2.32. The number of hydrogen-bond acceptors (Lipinski definition) is 2. The molecule has 1 aliphatic carbocycles. The third-order valence-electron chi connectivity index (χ3n) is 3.03. The molecule has 2 nitrogen and oxygen atoms in total. The first kappa shape index (κ1) is 11.9. The molecule has 2 rings (SSSR count). The van der Waals surface area contributed by atoms with E-state index in [4.69, 9.17) is 16.3 Å². The van der Waals surface area contributed by atoms with E-state index in [2.05, 4.69) is 17.4 Å². The molecule has 0 bridgehead atoms. The second kappa shape index (κ2) is 5.67. The zero-order valence-electron chi connectivity index (χ0n) is 9.63. The number of benzene rings is 1. The Morgan fingerprint density at radius 2 is 2.38 bits per heavy atom. The fourth-order valence-electron chi connectivity index (χ4n) is 2.23. The smallest absolute Gasteiger partial charge is 0.0590 e. The number of halogens is 1.